The SMILES string of the molecule is [CH2]c1cc2nn[nH]c2c(F)c1Nc1ccccc1C. The van der Waals surface area contributed by atoms with Crippen LogP contribution in [0.25, 0.3) is 11.0 Å². The number of nitrogens with one attached hydrogen (secondary N) is 2. The van der Waals surface area contributed by atoms with Crippen molar-refractivity contribution in [1.29, 1.82) is 0 Å². The molecule has 95 valence electrons. The summed E-state index contributed by atoms with van der Waals surface area (Å²) in [5, 5.41) is 13.0. The van der Waals surface area contributed by atoms with Gasteiger partial charge in [0.1, 0.15) is 11.0 Å². The first kappa shape index (κ1) is 11.6. The first-order valence-electron chi connectivity index (χ1n) is 5.84. The number of rotatable bonds is 2. The van der Waals surface area contributed by atoms with Crippen molar-refractivity contribution >= 4 is 22.4 Å². The Balaban J connectivity index is 2.12. The van der Waals surface area contributed by atoms with E-state index in [-0.39, 0.29) is 5.52 Å². The number of benzene rings is 2. The number of halogens is 1. The van der Waals surface area contributed by atoms with Gasteiger partial charge in [0.05, 0.1) is 5.69 Å². The Bertz CT molecular complexity index is 748. The molecule has 2 aromatic carbocycles. The number of hydrogen-bond donors (Lipinski definition) is 2. The van der Waals surface area contributed by atoms with Crippen molar-refractivity contribution in [1.82, 2.24) is 15.4 Å². The first-order chi connectivity index (χ1) is 9.16. The molecule has 0 aliphatic carbocycles. The van der Waals surface area contributed by atoms with Gasteiger partial charge in [0.15, 0.2) is 5.82 Å². The average Bonchev–Trinajstić information content (AvgIpc) is 2.84. The molecule has 0 aliphatic rings. The van der Waals surface area contributed by atoms with E-state index < -0.39 is 5.82 Å². The average molecular weight is 255 g/mol. The Morgan fingerprint density at radius 2 is 2.11 bits per heavy atom. The topological polar surface area (TPSA) is 53.6 Å². The fraction of sp³-hybridized carbons (Fsp3) is 0.0714. The van der Waals surface area contributed by atoms with E-state index in [1.165, 1.54) is 0 Å². The molecule has 0 bridgehead atoms. The zero-order chi connectivity index (χ0) is 13.4. The second-order valence-corrected chi connectivity index (χ2v) is 4.37. The monoisotopic (exact) mass is 255 g/mol. The molecule has 0 atom stereocenters. The van der Waals surface area contributed by atoms with Gasteiger partial charge < -0.3 is 5.32 Å². The summed E-state index contributed by atoms with van der Waals surface area (Å²) < 4.78 is 14.4. The summed E-state index contributed by atoms with van der Waals surface area (Å²) >= 11 is 0. The molecule has 0 unspecified atom stereocenters. The Hall–Kier alpha value is -2.43. The lowest BCUT2D eigenvalue weighted by molar-refractivity contribution is 0.639. The number of aromatic amines is 1. The van der Waals surface area contributed by atoms with Crippen LogP contribution in [0.15, 0.2) is 30.3 Å². The van der Waals surface area contributed by atoms with E-state index in [2.05, 4.69) is 27.7 Å². The minimum atomic E-state index is -0.421. The van der Waals surface area contributed by atoms with Gasteiger partial charge in [-0.2, -0.15) is 0 Å². The summed E-state index contributed by atoms with van der Waals surface area (Å²) in [5.74, 6) is -0.421. The van der Waals surface area contributed by atoms with Gasteiger partial charge in [-0.1, -0.05) is 23.4 Å². The summed E-state index contributed by atoms with van der Waals surface area (Å²) in [7, 11) is 0. The van der Waals surface area contributed by atoms with Gasteiger partial charge in [0.25, 0.3) is 0 Å². The molecule has 0 aliphatic heterocycles. The summed E-state index contributed by atoms with van der Waals surface area (Å²) in [4.78, 5) is 0. The Morgan fingerprint density at radius 3 is 2.89 bits per heavy atom. The van der Waals surface area contributed by atoms with E-state index >= 15 is 0 Å². The summed E-state index contributed by atoms with van der Waals surface area (Å²) in [6.07, 6.45) is 0. The summed E-state index contributed by atoms with van der Waals surface area (Å²) in [6, 6.07) is 9.38. The molecule has 1 heterocycles. The van der Waals surface area contributed by atoms with Crippen LogP contribution in [-0.4, -0.2) is 15.4 Å². The van der Waals surface area contributed by atoms with Gasteiger partial charge in [0.2, 0.25) is 0 Å². The van der Waals surface area contributed by atoms with Crippen LogP contribution in [0.4, 0.5) is 15.8 Å². The van der Waals surface area contributed by atoms with Gasteiger partial charge in [-0.25, -0.2) is 4.39 Å². The fourth-order valence-electron chi connectivity index (χ4n) is 1.98. The molecule has 0 fully saturated rings. The van der Waals surface area contributed by atoms with Crippen molar-refractivity contribution in [3.05, 3.63) is 54.2 Å². The van der Waals surface area contributed by atoms with Crippen molar-refractivity contribution in [2.24, 2.45) is 0 Å². The number of fused-ring (bicyclic) bond motifs is 1. The number of nitrogens with zero attached hydrogens (tertiary/aromatic N) is 2. The highest BCUT2D eigenvalue weighted by molar-refractivity contribution is 5.83. The molecule has 1 aromatic heterocycles. The molecule has 4 nitrogen and oxygen atoms in total. The van der Waals surface area contributed by atoms with E-state index in [0.29, 0.717) is 16.8 Å². The van der Waals surface area contributed by atoms with Crippen LogP contribution in [-0.2, 0) is 0 Å². The molecule has 3 aromatic rings. The lowest BCUT2D eigenvalue weighted by Gasteiger charge is -2.12. The van der Waals surface area contributed by atoms with E-state index in [9.17, 15) is 4.39 Å². The van der Waals surface area contributed by atoms with E-state index in [4.69, 9.17) is 0 Å². The van der Waals surface area contributed by atoms with Crippen LogP contribution >= 0.6 is 0 Å². The number of H-pyrrole nitrogens is 1. The third-order valence-electron chi connectivity index (χ3n) is 3.05. The second-order valence-electron chi connectivity index (χ2n) is 4.37. The zero-order valence-corrected chi connectivity index (χ0v) is 10.4. The van der Waals surface area contributed by atoms with E-state index in [1.54, 1.807) is 6.07 Å². The molecule has 0 saturated carbocycles. The molecular weight excluding hydrogens is 243 g/mol. The Kier molecular flexibility index (Phi) is 2.67. The highest BCUT2D eigenvalue weighted by Gasteiger charge is 2.14. The zero-order valence-electron chi connectivity index (χ0n) is 10.4. The Labute approximate surface area is 109 Å². The van der Waals surface area contributed by atoms with Crippen LogP contribution in [0.2, 0.25) is 0 Å². The number of aromatic nitrogens is 3. The molecule has 19 heavy (non-hydrogen) atoms. The smallest absolute Gasteiger partial charge is 0.174 e. The molecule has 3 rings (SSSR count). The largest absolute Gasteiger partial charge is 0.353 e. The predicted molar refractivity (Wildman–Crippen MR) is 72.8 cm³/mol. The van der Waals surface area contributed by atoms with Crippen LogP contribution in [0.5, 0.6) is 0 Å². The lowest BCUT2D eigenvalue weighted by atomic mass is 10.1. The number of aryl methyl sites for hydroxylation is 1. The third kappa shape index (κ3) is 1.93. The maximum Gasteiger partial charge on any atom is 0.174 e. The van der Waals surface area contributed by atoms with Gasteiger partial charge in [-0.15, -0.1) is 5.10 Å². The maximum atomic E-state index is 14.4. The lowest BCUT2D eigenvalue weighted by Crippen LogP contribution is -1.99. The number of hydrogen-bond acceptors (Lipinski definition) is 3. The van der Waals surface area contributed by atoms with Crippen molar-refractivity contribution in [2.45, 2.75) is 6.92 Å². The quantitative estimate of drug-likeness (QED) is 0.738. The molecular formula is C14H12FN4. The maximum absolute atomic E-state index is 14.4. The normalized spacial score (nSPS) is 10.9. The fourth-order valence-corrected chi connectivity index (χ4v) is 1.98. The van der Waals surface area contributed by atoms with Gasteiger partial charge in [-0.05, 0) is 37.1 Å². The molecule has 1 radical (unpaired) electrons. The van der Waals surface area contributed by atoms with Gasteiger partial charge >= 0.3 is 0 Å². The van der Waals surface area contributed by atoms with Crippen molar-refractivity contribution in [3.8, 4) is 0 Å². The minimum Gasteiger partial charge on any atom is -0.353 e. The van der Waals surface area contributed by atoms with Crippen molar-refractivity contribution in [3.63, 3.8) is 0 Å². The second kappa shape index (κ2) is 4.35. The highest BCUT2D eigenvalue weighted by atomic mass is 19.1. The van der Waals surface area contributed by atoms with Crippen LogP contribution in [0, 0.1) is 19.7 Å². The molecule has 0 spiro atoms. The third-order valence-corrected chi connectivity index (χ3v) is 3.05. The molecule has 0 saturated heterocycles. The highest BCUT2D eigenvalue weighted by Crippen LogP contribution is 2.29. The molecule has 5 heteroatoms. The van der Waals surface area contributed by atoms with E-state index in [1.807, 2.05) is 31.2 Å². The molecule has 0 amide bonds. The van der Waals surface area contributed by atoms with Gasteiger partial charge in [0, 0.05) is 5.69 Å². The van der Waals surface area contributed by atoms with Crippen LogP contribution < -0.4 is 5.32 Å². The molecule has 2 N–H and O–H groups in total. The number of para-hydroxylation sites is 1. The number of anilines is 2. The van der Waals surface area contributed by atoms with E-state index in [0.717, 1.165) is 11.3 Å². The van der Waals surface area contributed by atoms with Crippen molar-refractivity contribution < 1.29 is 4.39 Å². The summed E-state index contributed by atoms with van der Waals surface area (Å²) in [6.45, 7) is 5.81. The van der Waals surface area contributed by atoms with Crippen molar-refractivity contribution in [2.75, 3.05) is 5.32 Å². The predicted octanol–water partition coefficient (Wildman–Crippen LogP) is 3.33. The van der Waals surface area contributed by atoms with Gasteiger partial charge in [-0.3, -0.25) is 5.10 Å². The summed E-state index contributed by atoms with van der Waals surface area (Å²) in [5.41, 5.74) is 3.51. The Morgan fingerprint density at radius 1 is 1.32 bits per heavy atom. The minimum absolute atomic E-state index is 0.281. The van der Waals surface area contributed by atoms with Crippen LogP contribution in [0.1, 0.15) is 11.1 Å². The first-order valence-corrected chi connectivity index (χ1v) is 5.84. The standard InChI is InChI=1S/C14H12FN4/c1-8-5-3-4-6-10(8)16-13-9(2)7-11-14(12(13)15)18-19-17-11/h3-7,16H,2H2,1H3,(H,17,18,19). The van der Waals surface area contributed by atoms with Crippen LogP contribution in [0.3, 0.4) is 0 Å².